The van der Waals surface area contributed by atoms with Gasteiger partial charge in [-0.3, -0.25) is 9.59 Å². The fourth-order valence-corrected chi connectivity index (χ4v) is 4.82. The first-order valence-corrected chi connectivity index (χ1v) is 12.3. The van der Waals surface area contributed by atoms with Crippen molar-refractivity contribution in [1.29, 1.82) is 0 Å². The first kappa shape index (κ1) is 23.9. The van der Waals surface area contributed by atoms with Gasteiger partial charge in [-0.2, -0.15) is 0 Å². The maximum absolute atomic E-state index is 12.7. The lowest BCUT2D eigenvalue weighted by atomic mass is 9.87. The molecule has 1 aliphatic rings. The molecule has 4 rings (SSSR count). The molecule has 0 radical (unpaired) electrons. The molecule has 34 heavy (non-hydrogen) atoms. The molecule has 0 fully saturated rings. The number of nitrogens with zero attached hydrogens (tertiary/aromatic N) is 2. The van der Waals surface area contributed by atoms with E-state index in [-0.39, 0.29) is 24.5 Å². The molecule has 1 atom stereocenters. The van der Waals surface area contributed by atoms with E-state index in [2.05, 4.69) is 28.5 Å². The lowest BCUT2D eigenvalue weighted by molar-refractivity contribution is -0.132. The number of carbonyl (C=O) groups is 2. The molecule has 7 nitrogen and oxygen atoms in total. The summed E-state index contributed by atoms with van der Waals surface area (Å²) in [5, 5.41) is 5.22. The minimum atomic E-state index is -0.222. The van der Waals surface area contributed by atoms with E-state index >= 15 is 0 Å². The largest absolute Gasteiger partial charge is 0.486 e. The van der Waals surface area contributed by atoms with Gasteiger partial charge in [0.05, 0.1) is 12.6 Å². The Labute approximate surface area is 203 Å². The maximum Gasteiger partial charge on any atom is 0.270 e. The highest BCUT2D eigenvalue weighted by Crippen LogP contribution is 2.37. The number of methoxy groups -OCH3 is 1. The van der Waals surface area contributed by atoms with Crippen LogP contribution in [-0.4, -0.2) is 48.5 Å². The third-order valence-electron chi connectivity index (χ3n) is 5.82. The van der Waals surface area contributed by atoms with Crippen molar-refractivity contribution in [3.8, 4) is 5.75 Å². The molecule has 2 aromatic carbocycles. The van der Waals surface area contributed by atoms with Gasteiger partial charge in [0.15, 0.2) is 0 Å². The summed E-state index contributed by atoms with van der Waals surface area (Å²) in [6.45, 7) is 3.76. The fraction of sp³-hybridized carbons (Fsp3) is 0.346. The lowest BCUT2D eigenvalue weighted by Crippen LogP contribution is -2.40. The number of fused-ring (bicyclic) bond motifs is 1. The second kappa shape index (κ2) is 11.3. The number of thiazole rings is 1. The van der Waals surface area contributed by atoms with Crippen LogP contribution in [0.2, 0.25) is 0 Å². The molecule has 1 unspecified atom stereocenters. The number of benzene rings is 2. The van der Waals surface area contributed by atoms with Crippen LogP contribution in [0.5, 0.6) is 5.75 Å². The van der Waals surface area contributed by atoms with Gasteiger partial charge in [-0.15, -0.1) is 11.3 Å². The Bertz CT molecular complexity index is 1130. The van der Waals surface area contributed by atoms with Crippen molar-refractivity contribution >= 4 is 23.2 Å². The van der Waals surface area contributed by atoms with Crippen LogP contribution in [0.4, 0.5) is 0 Å². The van der Waals surface area contributed by atoms with E-state index in [0.717, 1.165) is 22.6 Å². The molecule has 0 aliphatic carbocycles. The standard InChI is InChI=1S/C26H29N3O4S/c1-3-24(30)29-13-11-18-9-10-20(15-21(18)25(29)19-7-5-4-6-8-19)33-16-23-28-22(17-34-23)26(31)27-12-14-32-2/h4-10,15,17,25H,3,11-14,16H2,1-2H3,(H,27,31). The summed E-state index contributed by atoms with van der Waals surface area (Å²) in [4.78, 5) is 31.3. The van der Waals surface area contributed by atoms with E-state index in [0.29, 0.717) is 37.6 Å². The Balaban J connectivity index is 1.51. The van der Waals surface area contributed by atoms with E-state index in [1.165, 1.54) is 16.9 Å². The zero-order valence-corrected chi connectivity index (χ0v) is 20.3. The predicted molar refractivity (Wildman–Crippen MR) is 131 cm³/mol. The van der Waals surface area contributed by atoms with Crippen LogP contribution in [0, 0.1) is 0 Å². The molecule has 3 aromatic rings. The summed E-state index contributed by atoms with van der Waals surface area (Å²) in [7, 11) is 1.59. The van der Waals surface area contributed by atoms with Crippen LogP contribution in [-0.2, 0) is 22.6 Å². The van der Waals surface area contributed by atoms with E-state index < -0.39 is 0 Å². The van der Waals surface area contributed by atoms with Gasteiger partial charge in [0, 0.05) is 32.0 Å². The lowest BCUT2D eigenvalue weighted by Gasteiger charge is -2.38. The molecule has 1 N–H and O–H groups in total. The molecule has 178 valence electrons. The third kappa shape index (κ3) is 5.46. The fourth-order valence-electron chi connectivity index (χ4n) is 4.13. The number of aromatic nitrogens is 1. The summed E-state index contributed by atoms with van der Waals surface area (Å²) < 4.78 is 11.0. The summed E-state index contributed by atoms with van der Waals surface area (Å²) in [5.74, 6) is 0.636. The third-order valence-corrected chi connectivity index (χ3v) is 6.64. The van der Waals surface area contributed by atoms with Crippen LogP contribution in [0.25, 0.3) is 0 Å². The van der Waals surface area contributed by atoms with Crippen molar-refractivity contribution in [2.24, 2.45) is 0 Å². The number of hydrogen-bond acceptors (Lipinski definition) is 6. The Morgan fingerprint density at radius 3 is 2.79 bits per heavy atom. The number of amides is 2. The predicted octanol–water partition coefficient (Wildman–Crippen LogP) is 3.98. The van der Waals surface area contributed by atoms with E-state index in [1.807, 2.05) is 42.2 Å². The van der Waals surface area contributed by atoms with Gasteiger partial charge in [-0.1, -0.05) is 43.3 Å². The van der Waals surface area contributed by atoms with Crippen molar-refractivity contribution in [3.05, 3.63) is 81.3 Å². The molecule has 2 amide bonds. The summed E-state index contributed by atoms with van der Waals surface area (Å²) >= 11 is 1.39. The van der Waals surface area contributed by atoms with Crippen molar-refractivity contribution in [1.82, 2.24) is 15.2 Å². The number of nitrogens with one attached hydrogen (secondary N) is 1. The molecule has 8 heteroatoms. The van der Waals surface area contributed by atoms with Crippen LogP contribution < -0.4 is 10.1 Å². The monoisotopic (exact) mass is 479 g/mol. The normalized spacial score (nSPS) is 15.0. The zero-order chi connectivity index (χ0) is 23.9. The highest BCUT2D eigenvalue weighted by molar-refractivity contribution is 7.09. The minimum absolute atomic E-state index is 0.136. The van der Waals surface area contributed by atoms with Gasteiger partial charge in [0.2, 0.25) is 5.91 Å². The molecule has 0 spiro atoms. The molecule has 1 aliphatic heterocycles. The average Bonchev–Trinajstić information content (AvgIpc) is 3.36. The molecule has 0 saturated heterocycles. The Kier molecular flexibility index (Phi) is 7.92. The van der Waals surface area contributed by atoms with Crippen LogP contribution >= 0.6 is 11.3 Å². The Hall–Kier alpha value is -3.23. The van der Waals surface area contributed by atoms with Crippen molar-refractivity contribution < 1.29 is 19.1 Å². The number of rotatable bonds is 9. The van der Waals surface area contributed by atoms with Crippen molar-refractivity contribution in [2.45, 2.75) is 32.4 Å². The van der Waals surface area contributed by atoms with Gasteiger partial charge in [-0.25, -0.2) is 4.98 Å². The molecule has 2 heterocycles. The number of ether oxygens (including phenoxy) is 2. The second-order valence-corrected chi connectivity index (χ2v) is 8.97. The molecule has 0 saturated carbocycles. The second-order valence-electron chi connectivity index (χ2n) is 8.03. The average molecular weight is 480 g/mol. The SMILES string of the molecule is CCC(=O)N1CCc2ccc(OCc3nc(C(=O)NCCOC)cs3)cc2C1c1ccccc1. The highest BCUT2D eigenvalue weighted by atomic mass is 32.1. The number of hydrogen-bond donors (Lipinski definition) is 1. The number of carbonyl (C=O) groups excluding carboxylic acids is 2. The minimum Gasteiger partial charge on any atom is -0.486 e. The Morgan fingerprint density at radius 1 is 1.21 bits per heavy atom. The maximum atomic E-state index is 12.7. The Morgan fingerprint density at radius 2 is 2.03 bits per heavy atom. The first-order chi connectivity index (χ1) is 16.6. The topological polar surface area (TPSA) is 80.8 Å². The highest BCUT2D eigenvalue weighted by Gasteiger charge is 2.31. The first-order valence-electron chi connectivity index (χ1n) is 11.4. The summed E-state index contributed by atoms with van der Waals surface area (Å²) in [6.07, 6.45) is 1.29. The summed E-state index contributed by atoms with van der Waals surface area (Å²) in [6, 6.07) is 16.1. The van der Waals surface area contributed by atoms with Gasteiger partial charge >= 0.3 is 0 Å². The van der Waals surface area contributed by atoms with Crippen molar-refractivity contribution in [3.63, 3.8) is 0 Å². The molecular weight excluding hydrogens is 450 g/mol. The smallest absolute Gasteiger partial charge is 0.270 e. The van der Waals surface area contributed by atoms with E-state index in [1.54, 1.807) is 12.5 Å². The summed E-state index contributed by atoms with van der Waals surface area (Å²) in [5.41, 5.74) is 3.79. The molecule has 0 bridgehead atoms. The molecule has 1 aromatic heterocycles. The van der Waals surface area contributed by atoms with E-state index in [9.17, 15) is 9.59 Å². The van der Waals surface area contributed by atoms with Gasteiger partial charge in [0.1, 0.15) is 23.1 Å². The van der Waals surface area contributed by atoms with Gasteiger partial charge < -0.3 is 19.7 Å². The van der Waals surface area contributed by atoms with Crippen LogP contribution in [0.1, 0.15) is 51.6 Å². The molecular formula is C26H29N3O4S. The van der Waals surface area contributed by atoms with Gasteiger partial charge in [0.25, 0.3) is 5.91 Å². The van der Waals surface area contributed by atoms with Crippen LogP contribution in [0.15, 0.2) is 53.9 Å². The van der Waals surface area contributed by atoms with Crippen molar-refractivity contribution in [2.75, 3.05) is 26.8 Å². The van der Waals surface area contributed by atoms with Gasteiger partial charge in [-0.05, 0) is 35.2 Å². The quantitative estimate of drug-likeness (QED) is 0.470. The zero-order valence-electron chi connectivity index (χ0n) is 19.5. The van der Waals surface area contributed by atoms with Crippen LogP contribution in [0.3, 0.4) is 0 Å². The van der Waals surface area contributed by atoms with E-state index in [4.69, 9.17) is 9.47 Å².